The van der Waals surface area contributed by atoms with Crippen molar-refractivity contribution in [3.05, 3.63) is 10.1 Å². The maximum Gasteiger partial charge on any atom is 0.306 e. The minimum absolute atomic E-state index is 0.0156. The molecule has 0 heterocycles. The van der Waals surface area contributed by atoms with Gasteiger partial charge in [-0.2, -0.15) is 0 Å². The van der Waals surface area contributed by atoms with E-state index in [4.69, 9.17) is 4.74 Å². The molecule has 0 rings (SSSR count). The first-order valence-electron chi connectivity index (χ1n) is 8.16. The van der Waals surface area contributed by atoms with Crippen molar-refractivity contribution in [3.63, 3.8) is 0 Å². The second-order valence-corrected chi connectivity index (χ2v) is 9.28. The maximum atomic E-state index is 12.4. The van der Waals surface area contributed by atoms with E-state index in [1.807, 2.05) is 20.8 Å². The molecule has 0 aliphatic carbocycles. The summed E-state index contributed by atoms with van der Waals surface area (Å²) < 4.78 is 19.6. The second kappa shape index (κ2) is 11.9. The summed E-state index contributed by atoms with van der Waals surface area (Å²) in [4.78, 5) is 22.6. The fraction of sp³-hybridized carbons (Fsp3) is 0.933. The number of nitrogens with one attached hydrogen (secondary N) is 1. The smallest absolute Gasteiger partial charge is 0.306 e. The maximum absolute atomic E-state index is 12.4. The highest BCUT2D eigenvalue weighted by Crippen LogP contribution is 2.18. The van der Waals surface area contributed by atoms with E-state index in [0.717, 1.165) is 18.2 Å². The lowest BCUT2D eigenvalue weighted by Gasteiger charge is -2.26. The molecule has 0 amide bonds. The Bertz CT molecular complexity index is 429. The molecule has 3 atom stereocenters. The van der Waals surface area contributed by atoms with Crippen LogP contribution in [0.4, 0.5) is 0 Å². The van der Waals surface area contributed by atoms with Crippen molar-refractivity contribution in [2.75, 3.05) is 11.9 Å². The van der Waals surface area contributed by atoms with Crippen molar-refractivity contribution in [2.45, 2.75) is 76.6 Å². The lowest BCUT2D eigenvalue weighted by molar-refractivity contribution is -0.527. The van der Waals surface area contributed by atoms with Crippen molar-refractivity contribution in [1.82, 2.24) is 4.72 Å². The average molecular weight is 429 g/mol. The van der Waals surface area contributed by atoms with Crippen LogP contribution in [0.15, 0.2) is 0 Å². The molecule has 0 saturated heterocycles. The van der Waals surface area contributed by atoms with Gasteiger partial charge in [-0.1, -0.05) is 22.4 Å². The number of carbonyl (C=O) groups excluding carboxylic acids is 1. The Kier molecular flexibility index (Phi) is 11.6. The molecule has 0 aliphatic rings. The fourth-order valence-corrected chi connectivity index (χ4v) is 3.36. The third-order valence-corrected chi connectivity index (χ3v) is 5.59. The molecule has 0 fully saturated rings. The van der Waals surface area contributed by atoms with Crippen molar-refractivity contribution >= 4 is 32.9 Å². The number of hydrogen-bond acceptors (Lipinski definition) is 5. The number of unbranched alkanes of at least 4 members (excludes halogenated alkanes) is 1. The minimum Gasteiger partial charge on any atom is -0.466 e. The molecule has 0 aromatic rings. The van der Waals surface area contributed by atoms with Crippen molar-refractivity contribution in [1.29, 1.82) is 0 Å². The van der Waals surface area contributed by atoms with E-state index < -0.39 is 33.8 Å². The molecule has 24 heavy (non-hydrogen) atoms. The third-order valence-electron chi connectivity index (χ3n) is 3.40. The van der Waals surface area contributed by atoms with Crippen LogP contribution in [0, 0.1) is 10.1 Å². The molecular formula is C15H29BrN2O5S. The monoisotopic (exact) mass is 428 g/mol. The number of hydrogen-bond donors (Lipinski definition) is 1. The summed E-state index contributed by atoms with van der Waals surface area (Å²) in [6.45, 7) is 7.38. The highest BCUT2D eigenvalue weighted by Gasteiger charge is 2.34. The predicted octanol–water partition coefficient (Wildman–Crippen LogP) is 2.96. The number of rotatable bonds is 12. The van der Waals surface area contributed by atoms with E-state index in [0.29, 0.717) is 6.42 Å². The number of carbonyl (C=O) groups is 1. The first kappa shape index (κ1) is 23.5. The van der Waals surface area contributed by atoms with Crippen LogP contribution in [-0.4, -0.2) is 43.9 Å². The number of halogens is 1. The van der Waals surface area contributed by atoms with Gasteiger partial charge in [0.25, 0.3) is 0 Å². The Morgan fingerprint density at radius 2 is 1.96 bits per heavy atom. The van der Waals surface area contributed by atoms with Crippen LogP contribution in [0.3, 0.4) is 0 Å². The molecule has 7 nitrogen and oxygen atoms in total. The van der Waals surface area contributed by atoms with Crippen molar-refractivity contribution in [3.8, 4) is 0 Å². The summed E-state index contributed by atoms with van der Waals surface area (Å²) in [7, 11) is -1.41. The Balaban J connectivity index is 5.02. The fourth-order valence-electron chi connectivity index (χ4n) is 2.06. The van der Waals surface area contributed by atoms with E-state index in [1.165, 1.54) is 0 Å². The zero-order chi connectivity index (χ0) is 18.8. The minimum atomic E-state index is -1.41. The lowest BCUT2D eigenvalue weighted by Crippen LogP contribution is -2.48. The van der Waals surface area contributed by atoms with Gasteiger partial charge in [-0.15, -0.1) is 0 Å². The molecular weight excluding hydrogens is 400 g/mol. The summed E-state index contributed by atoms with van der Waals surface area (Å²) >= 11 is 3.34. The van der Waals surface area contributed by atoms with Gasteiger partial charge in [0.05, 0.1) is 34.8 Å². The molecule has 0 aliphatic heterocycles. The van der Waals surface area contributed by atoms with Crippen molar-refractivity contribution in [2.24, 2.45) is 0 Å². The van der Waals surface area contributed by atoms with Gasteiger partial charge in [0.1, 0.15) is 0 Å². The predicted molar refractivity (Wildman–Crippen MR) is 99.1 cm³/mol. The number of esters is 1. The van der Waals surface area contributed by atoms with E-state index in [9.17, 15) is 19.1 Å². The lowest BCUT2D eigenvalue weighted by atomic mass is 9.99. The Morgan fingerprint density at radius 1 is 1.33 bits per heavy atom. The van der Waals surface area contributed by atoms with Gasteiger partial charge in [-0.3, -0.25) is 14.9 Å². The van der Waals surface area contributed by atoms with Crippen LogP contribution >= 0.6 is 15.9 Å². The van der Waals surface area contributed by atoms with Gasteiger partial charge in [0, 0.05) is 16.7 Å². The molecule has 0 bridgehead atoms. The normalized spacial score (nSPS) is 15.5. The van der Waals surface area contributed by atoms with Gasteiger partial charge >= 0.3 is 5.97 Å². The Morgan fingerprint density at radius 3 is 2.42 bits per heavy atom. The molecule has 2 unspecified atom stereocenters. The van der Waals surface area contributed by atoms with Crippen LogP contribution in [0.25, 0.3) is 0 Å². The van der Waals surface area contributed by atoms with E-state index in [1.54, 1.807) is 6.92 Å². The van der Waals surface area contributed by atoms with E-state index in [2.05, 4.69) is 20.7 Å². The summed E-state index contributed by atoms with van der Waals surface area (Å²) in [6, 6.07) is -1.52. The molecule has 142 valence electrons. The van der Waals surface area contributed by atoms with Crippen LogP contribution in [0.2, 0.25) is 0 Å². The molecule has 0 radical (unpaired) electrons. The number of ether oxygens (including phenoxy) is 1. The number of nitrogens with zero attached hydrogens (tertiary/aromatic N) is 1. The standard InChI is InChI=1S/C15H29BrN2O5S/c1-5-23-14(19)10-9-13(18(20)21)12(8-6-7-11-16)17-24(22)15(2,3)4/h12-13,17H,5-11H2,1-4H3/t12-,13?,24?/m1/s1. The average Bonchev–Trinajstić information content (AvgIpc) is 2.46. The van der Waals surface area contributed by atoms with Crippen LogP contribution in [0.1, 0.15) is 59.8 Å². The van der Waals surface area contributed by atoms with Gasteiger partial charge in [0.2, 0.25) is 6.04 Å². The Hall–Kier alpha value is -0.540. The summed E-state index contributed by atoms with van der Waals surface area (Å²) in [5.74, 6) is -0.444. The van der Waals surface area contributed by atoms with Gasteiger partial charge < -0.3 is 4.74 Å². The first-order valence-corrected chi connectivity index (χ1v) is 10.4. The first-order chi connectivity index (χ1) is 11.1. The SMILES string of the molecule is CCOC(=O)CCC([C@@H](CCCCBr)NS(=O)C(C)(C)C)[N+](=O)[O-]. The number of alkyl halides is 1. The molecule has 0 aromatic heterocycles. The molecule has 0 spiro atoms. The zero-order valence-electron chi connectivity index (χ0n) is 14.9. The van der Waals surface area contributed by atoms with Crippen LogP contribution in [0.5, 0.6) is 0 Å². The summed E-state index contributed by atoms with van der Waals surface area (Å²) in [5.41, 5.74) is 0. The quantitative estimate of drug-likeness (QED) is 0.169. The zero-order valence-corrected chi connectivity index (χ0v) is 17.3. The largest absolute Gasteiger partial charge is 0.466 e. The molecule has 0 aromatic carbocycles. The molecule has 0 saturated carbocycles. The molecule has 9 heteroatoms. The second-order valence-electron chi connectivity index (χ2n) is 6.49. The van der Waals surface area contributed by atoms with Crippen molar-refractivity contribution < 1.29 is 18.7 Å². The third kappa shape index (κ3) is 9.68. The highest BCUT2D eigenvalue weighted by atomic mass is 79.9. The Labute approximate surface area is 155 Å². The topological polar surface area (TPSA) is 98.5 Å². The summed E-state index contributed by atoms with van der Waals surface area (Å²) in [5, 5.41) is 12.3. The van der Waals surface area contributed by atoms with E-state index >= 15 is 0 Å². The number of nitro groups is 1. The summed E-state index contributed by atoms with van der Waals surface area (Å²) in [6.07, 6.45) is 2.23. The molecule has 1 N–H and O–H groups in total. The highest BCUT2D eigenvalue weighted by molar-refractivity contribution is 9.09. The van der Waals surface area contributed by atoms with Gasteiger partial charge in [0.15, 0.2) is 0 Å². The van der Waals surface area contributed by atoms with Crippen LogP contribution in [-0.2, 0) is 20.5 Å². The van der Waals surface area contributed by atoms with Gasteiger partial charge in [-0.25, -0.2) is 8.93 Å². The van der Waals surface area contributed by atoms with E-state index in [-0.39, 0.29) is 24.4 Å². The van der Waals surface area contributed by atoms with Gasteiger partial charge in [-0.05, 0) is 40.5 Å². The van der Waals surface area contributed by atoms with Crippen LogP contribution < -0.4 is 4.72 Å².